The van der Waals surface area contributed by atoms with Gasteiger partial charge in [0.2, 0.25) is 17.7 Å². The summed E-state index contributed by atoms with van der Waals surface area (Å²) >= 11 is 0. The summed E-state index contributed by atoms with van der Waals surface area (Å²) < 4.78 is 0. The molecule has 0 fully saturated rings. The molecule has 0 saturated heterocycles. The van der Waals surface area contributed by atoms with Crippen LogP contribution < -0.4 is 21.3 Å². The number of rotatable bonds is 12. The molecule has 0 aliphatic rings. The van der Waals surface area contributed by atoms with E-state index < -0.39 is 36.0 Å². The van der Waals surface area contributed by atoms with Crippen LogP contribution in [0.4, 0.5) is 0 Å². The third-order valence-corrected chi connectivity index (χ3v) is 4.82. The zero-order valence-electron chi connectivity index (χ0n) is 20.3. The second-order valence-corrected chi connectivity index (χ2v) is 9.29. The van der Waals surface area contributed by atoms with Crippen molar-refractivity contribution in [2.75, 3.05) is 0 Å². The van der Waals surface area contributed by atoms with Crippen LogP contribution in [0, 0.1) is 17.8 Å². The monoisotopic (exact) mass is 442 g/mol. The van der Waals surface area contributed by atoms with E-state index >= 15 is 0 Å². The van der Waals surface area contributed by atoms with E-state index in [-0.39, 0.29) is 42.9 Å². The lowest BCUT2D eigenvalue weighted by Gasteiger charge is -2.27. The van der Waals surface area contributed by atoms with Crippen molar-refractivity contribution in [3.05, 3.63) is 0 Å². The van der Waals surface area contributed by atoms with Crippen LogP contribution >= 0.6 is 0 Å². The quantitative estimate of drug-likeness (QED) is 0.369. The van der Waals surface area contributed by atoms with Gasteiger partial charge >= 0.3 is 0 Å². The number of nitrogens with one attached hydrogen (secondary N) is 4. The van der Waals surface area contributed by atoms with Crippen molar-refractivity contribution in [2.45, 2.75) is 107 Å². The van der Waals surface area contributed by atoms with Gasteiger partial charge in [0.15, 0.2) is 5.78 Å². The second kappa shape index (κ2) is 14.2. The molecule has 0 spiro atoms. The maximum atomic E-state index is 12.7. The van der Waals surface area contributed by atoms with Gasteiger partial charge in [-0.1, -0.05) is 62.8 Å². The Kier molecular flexibility index (Phi) is 14.3. The highest BCUT2D eigenvalue weighted by molar-refractivity contribution is 5.95. The Hall–Kier alpha value is -1.96. The topological polar surface area (TPSA) is 116 Å². The molecule has 8 nitrogen and oxygen atoms in total. The Morgan fingerprint density at radius 2 is 0.968 bits per heavy atom. The third-order valence-electron chi connectivity index (χ3n) is 4.82. The van der Waals surface area contributed by atoms with E-state index in [4.69, 9.17) is 0 Å². The lowest BCUT2D eigenvalue weighted by molar-refractivity contribution is -0.134. The normalized spacial score (nSPS) is 15.2. The summed E-state index contributed by atoms with van der Waals surface area (Å²) in [4.78, 5) is 50.1. The average molecular weight is 443 g/mol. The minimum absolute atomic E-state index is 0. The van der Waals surface area contributed by atoms with Gasteiger partial charge in [0.25, 0.3) is 0 Å². The number of Topliss-reactive ketones (excluding diaryl/α,β-unsaturated/α-hetero) is 1. The maximum Gasteiger partial charge on any atom is 0.243 e. The zero-order valence-corrected chi connectivity index (χ0v) is 20.3. The van der Waals surface area contributed by atoms with Gasteiger partial charge < -0.3 is 21.3 Å². The molecule has 0 aromatic carbocycles. The SMILES string of the molecule is C.CC(C)N[C@@H](C)C(=O)N[C@H](C(=O)N[C@@H](C)C(=O)N[C@H](C(=O)C(C)C)C(C)C)C(C)C. The highest BCUT2D eigenvalue weighted by Crippen LogP contribution is 2.10. The first-order valence-corrected chi connectivity index (χ1v) is 10.9. The van der Waals surface area contributed by atoms with E-state index in [0.29, 0.717) is 0 Å². The Morgan fingerprint density at radius 3 is 1.35 bits per heavy atom. The van der Waals surface area contributed by atoms with Crippen LogP contribution in [0.2, 0.25) is 0 Å². The summed E-state index contributed by atoms with van der Waals surface area (Å²) in [6.45, 7) is 18.1. The highest BCUT2D eigenvalue weighted by atomic mass is 16.2. The molecule has 0 aromatic rings. The van der Waals surface area contributed by atoms with E-state index in [2.05, 4.69) is 21.3 Å². The molecule has 4 atom stereocenters. The number of ketones is 1. The molecular weight excluding hydrogens is 396 g/mol. The first-order valence-electron chi connectivity index (χ1n) is 10.9. The zero-order chi connectivity index (χ0) is 23.8. The Bertz CT molecular complexity index is 602. The molecule has 0 aromatic heterocycles. The number of hydrogen-bond acceptors (Lipinski definition) is 5. The van der Waals surface area contributed by atoms with Crippen LogP contribution in [0.1, 0.15) is 76.7 Å². The minimum atomic E-state index is -0.844. The molecule has 8 heteroatoms. The average Bonchev–Trinajstić information content (AvgIpc) is 2.61. The standard InChI is InChI=1S/C22H42N4O4.CH4/c1-11(2)17(19(27)13(5)6)25-21(29)16(10)24-22(30)18(12(3)4)26-20(28)15(9)23-14(7)8;/h11-18,23H,1-10H3,(H,24,30)(H,25,29)(H,26,28);1H4/t15-,16-,17-,18-;/m0./s1. The van der Waals surface area contributed by atoms with Crippen LogP contribution in [-0.4, -0.2) is 53.7 Å². The van der Waals surface area contributed by atoms with Gasteiger partial charge in [-0.25, -0.2) is 0 Å². The molecule has 182 valence electrons. The molecule has 31 heavy (non-hydrogen) atoms. The molecule has 0 aliphatic heterocycles. The lowest BCUT2D eigenvalue weighted by atomic mass is 9.93. The Balaban J connectivity index is 0. The van der Waals surface area contributed by atoms with Gasteiger partial charge in [0.05, 0.1) is 12.1 Å². The molecule has 0 rings (SSSR count). The lowest BCUT2D eigenvalue weighted by Crippen LogP contribution is -2.58. The van der Waals surface area contributed by atoms with Crippen molar-refractivity contribution < 1.29 is 19.2 Å². The van der Waals surface area contributed by atoms with Crippen LogP contribution in [0.3, 0.4) is 0 Å². The minimum Gasteiger partial charge on any atom is -0.344 e. The molecular formula is C23H46N4O4. The number of carbonyl (C=O) groups excluding carboxylic acids is 4. The predicted octanol–water partition coefficient (Wildman–Crippen LogP) is 2.02. The van der Waals surface area contributed by atoms with Crippen LogP contribution in [0.15, 0.2) is 0 Å². The van der Waals surface area contributed by atoms with Gasteiger partial charge in [-0.3, -0.25) is 19.2 Å². The largest absolute Gasteiger partial charge is 0.344 e. The van der Waals surface area contributed by atoms with E-state index in [1.165, 1.54) is 0 Å². The van der Waals surface area contributed by atoms with E-state index in [1.54, 1.807) is 27.7 Å². The van der Waals surface area contributed by atoms with Crippen LogP contribution in [0.5, 0.6) is 0 Å². The van der Waals surface area contributed by atoms with E-state index in [0.717, 1.165) is 0 Å². The van der Waals surface area contributed by atoms with Crippen molar-refractivity contribution in [3.63, 3.8) is 0 Å². The summed E-state index contributed by atoms with van der Waals surface area (Å²) in [7, 11) is 0. The number of hydrogen-bond donors (Lipinski definition) is 4. The summed E-state index contributed by atoms with van der Waals surface area (Å²) in [6, 6.07) is -2.55. The fraction of sp³-hybridized carbons (Fsp3) is 0.826. The third kappa shape index (κ3) is 10.8. The molecule has 0 heterocycles. The maximum absolute atomic E-state index is 12.7. The predicted molar refractivity (Wildman–Crippen MR) is 125 cm³/mol. The van der Waals surface area contributed by atoms with Gasteiger partial charge in [0, 0.05) is 12.0 Å². The van der Waals surface area contributed by atoms with E-state index in [9.17, 15) is 19.2 Å². The summed E-state index contributed by atoms with van der Waals surface area (Å²) in [5.74, 6) is -1.63. The van der Waals surface area contributed by atoms with Crippen molar-refractivity contribution in [3.8, 4) is 0 Å². The first-order chi connectivity index (χ1) is 13.7. The number of carbonyl (C=O) groups is 4. The summed E-state index contributed by atoms with van der Waals surface area (Å²) in [6.07, 6.45) is 0. The van der Waals surface area contributed by atoms with Gasteiger partial charge in [-0.05, 0) is 25.7 Å². The van der Waals surface area contributed by atoms with Gasteiger partial charge in [-0.2, -0.15) is 0 Å². The first kappa shape index (κ1) is 31.2. The summed E-state index contributed by atoms with van der Waals surface area (Å²) in [5, 5.41) is 11.3. The summed E-state index contributed by atoms with van der Waals surface area (Å²) in [5.41, 5.74) is 0. The second-order valence-electron chi connectivity index (χ2n) is 9.29. The van der Waals surface area contributed by atoms with Crippen molar-refractivity contribution in [1.82, 2.24) is 21.3 Å². The van der Waals surface area contributed by atoms with Crippen molar-refractivity contribution in [1.29, 1.82) is 0 Å². The molecule has 0 unspecified atom stereocenters. The molecule has 4 N–H and O–H groups in total. The molecule has 0 radical (unpaired) electrons. The van der Waals surface area contributed by atoms with Gasteiger partial charge in [-0.15, -0.1) is 0 Å². The fourth-order valence-electron chi connectivity index (χ4n) is 2.96. The van der Waals surface area contributed by atoms with E-state index in [1.807, 2.05) is 41.5 Å². The highest BCUT2D eigenvalue weighted by Gasteiger charge is 2.31. The number of amides is 3. The molecule has 0 aliphatic carbocycles. The van der Waals surface area contributed by atoms with Crippen molar-refractivity contribution in [2.24, 2.45) is 17.8 Å². The molecule has 0 saturated carbocycles. The van der Waals surface area contributed by atoms with Gasteiger partial charge in [0.1, 0.15) is 12.1 Å². The Labute approximate surface area is 189 Å². The molecule has 0 bridgehead atoms. The van der Waals surface area contributed by atoms with Crippen LogP contribution in [-0.2, 0) is 19.2 Å². The fourth-order valence-corrected chi connectivity index (χ4v) is 2.96. The van der Waals surface area contributed by atoms with Crippen molar-refractivity contribution >= 4 is 23.5 Å². The molecule has 3 amide bonds. The smallest absolute Gasteiger partial charge is 0.243 e. The Morgan fingerprint density at radius 1 is 0.548 bits per heavy atom. The van der Waals surface area contributed by atoms with Crippen LogP contribution in [0.25, 0.3) is 0 Å².